The van der Waals surface area contributed by atoms with Gasteiger partial charge < -0.3 is 16.0 Å². The number of carbonyl (C=O) groups excluding carboxylic acids is 1. The van der Waals surface area contributed by atoms with Gasteiger partial charge in [-0.2, -0.15) is 0 Å². The molecule has 1 heterocycles. The van der Waals surface area contributed by atoms with Crippen LogP contribution in [-0.4, -0.2) is 34.5 Å². The third-order valence-corrected chi connectivity index (χ3v) is 2.93. The Balaban J connectivity index is 2.89. The summed E-state index contributed by atoms with van der Waals surface area (Å²) in [6, 6.07) is -0.362. The molecule has 118 valence electrons. The van der Waals surface area contributed by atoms with Gasteiger partial charge in [-0.05, 0) is 34.1 Å². The molecule has 0 aliphatic carbocycles. The molecule has 0 saturated carbocycles. The Kier molecular flexibility index (Phi) is 5.93. The van der Waals surface area contributed by atoms with E-state index in [-0.39, 0.29) is 17.5 Å². The van der Waals surface area contributed by atoms with Gasteiger partial charge in [-0.25, -0.2) is 9.97 Å². The molecule has 1 amide bonds. The van der Waals surface area contributed by atoms with E-state index in [0.29, 0.717) is 5.82 Å². The lowest BCUT2D eigenvalue weighted by Crippen LogP contribution is -2.47. The number of amides is 1. The van der Waals surface area contributed by atoms with Gasteiger partial charge in [-0.15, -0.1) is 0 Å². The van der Waals surface area contributed by atoms with Crippen molar-refractivity contribution < 1.29 is 4.79 Å². The predicted octanol–water partition coefficient (Wildman–Crippen LogP) is 2.19. The summed E-state index contributed by atoms with van der Waals surface area (Å²) in [5.74, 6) is 1.47. The molecule has 1 aromatic rings. The third kappa shape index (κ3) is 5.21. The maximum absolute atomic E-state index is 12.2. The van der Waals surface area contributed by atoms with Crippen LogP contribution in [-0.2, 0) is 11.2 Å². The number of hydrogen-bond acceptors (Lipinski definition) is 5. The topological polar surface area (TPSA) is 78.9 Å². The molecule has 0 aliphatic heterocycles. The van der Waals surface area contributed by atoms with Crippen LogP contribution in [0.4, 0.5) is 11.6 Å². The van der Waals surface area contributed by atoms with Crippen molar-refractivity contribution in [3.8, 4) is 0 Å². The highest BCUT2D eigenvalue weighted by atomic mass is 16.2. The molecule has 0 saturated heterocycles. The number of aromatic nitrogens is 2. The zero-order valence-electron chi connectivity index (χ0n) is 13.9. The summed E-state index contributed by atoms with van der Waals surface area (Å²) in [6.07, 6.45) is 3.34. The Morgan fingerprint density at radius 3 is 2.43 bits per heavy atom. The number of nitrogens with zero attached hydrogens (tertiary/aromatic N) is 2. The molecule has 0 radical (unpaired) electrons. The van der Waals surface area contributed by atoms with E-state index in [4.69, 9.17) is 0 Å². The molecule has 6 nitrogen and oxygen atoms in total. The lowest BCUT2D eigenvalue weighted by molar-refractivity contribution is -0.122. The zero-order chi connectivity index (χ0) is 16.0. The Bertz CT molecular complexity index is 481. The molecule has 1 atom stereocenters. The standard InChI is InChI=1S/C15H27N5O/c1-7-8-11-12(16-6)17-9-18-13(11)19-10(2)14(21)20-15(3,4)5/h9-10H,7-8H2,1-6H3,(H,20,21)(H2,16,17,18,19). The Hall–Kier alpha value is -1.85. The average Bonchev–Trinajstić information content (AvgIpc) is 2.38. The lowest BCUT2D eigenvalue weighted by Gasteiger charge is -2.24. The highest BCUT2D eigenvalue weighted by Gasteiger charge is 2.21. The maximum atomic E-state index is 12.2. The first kappa shape index (κ1) is 17.2. The van der Waals surface area contributed by atoms with Crippen molar-refractivity contribution in [1.82, 2.24) is 15.3 Å². The first-order chi connectivity index (χ1) is 9.78. The van der Waals surface area contributed by atoms with Gasteiger partial charge in [0.25, 0.3) is 0 Å². The first-order valence-electron chi connectivity index (χ1n) is 7.38. The number of carbonyl (C=O) groups is 1. The molecule has 1 rings (SSSR count). The molecule has 0 bridgehead atoms. The minimum absolute atomic E-state index is 0.0467. The molecular formula is C15H27N5O. The second-order valence-electron chi connectivity index (χ2n) is 6.15. The number of anilines is 2. The van der Waals surface area contributed by atoms with Gasteiger partial charge in [0, 0.05) is 18.2 Å². The van der Waals surface area contributed by atoms with E-state index in [1.165, 1.54) is 6.33 Å². The van der Waals surface area contributed by atoms with Crippen LogP contribution in [0, 0.1) is 0 Å². The molecule has 6 heteroatoms. The number of nitrogens with one attached hydrogen (secondary N) is 3. The third-order valence-electron chi connectivity index (χ3n) is 2.93. The molecule has 0 aliphatic rings. The van der Waals surface area contributed by atoms with Crippen LogP contribution in [0.15, 0.2) is 6.33 Å². The molecule has 1 unspecified atom stereocenters. The van der Waals surface area contributed by atoms with Crippen LogP contribution in [0.5, 0.6) is 0 Å². The lowest BCUT2D eigenvalue weighted by atomic mass is 10.1. The van der Waals surface area contributed by atoms with E-state index in [0.717, 1.165) is 24.2 Å². The van der Waals surface area contributed by atoms with E-state index in [9.17, 15) is 4.79 Å². The highest BCUT2D eigenvalue weighted by molar-refractivity contribution is 5.84. The second kappa shape index (κ2) is 7.24. The highest BCUT2D eigenvalue weighted by Crippen LogP contribution is 2.21. The van der Waals surface area contributed by atoms with Crippen molar-refractivity contribution in [2.75, 3.05) is 17.7 Å². The van der Waals surface area contributed by atoms with Gasteiger partial charge >= 0.3 is 0 Å². The van der Waals surface area contributed by atoms with E-state index < -0.39 is 0 Å². The summed E-state index contributed by atoms with van der Waals surface area (Å²) in [6.45, 7) is 9.82. The largest absolute Gasteiger partial charge is 0.373 e. The maximum Gasteiger partial charge on any atom is 0.242 e. The van der Waals surface area contributed by atoms with Gasteiger partial charge in [0.1, 0.15) is 24.0 Å². The minimum atomic E-state index is -0.362. The summed E-state index contributed by atoms with van der Waals surface area (Å²) in [7, 11) is 1.83. The van der Waals surface area contributed by atoms with Crippen molar-refractivity contribution >= 4 is 17.5 Å². The molecule has 0 spiro atoms. The molecule has 0 fully saturated rings. The average molecular weight is 293 g/mol. The van der Waals surface area contributed by atoms with E-state index in [1.807, 2.05) is 34.7 Å². The number of rotatable bonds is 6. The fraction of sp³-hybridized carbons (Fsp3) is 0.667. The van der Waals surface area contributed by atoms with Crippen molar-refractivity contribution in [3.63, 3.8) is 0 Å². The van der Waals surface area contributed by atoms with Crippen molar-refractivity contribution in [2.45, 2.75) is 59.0 Å². The fourth-order valence-corrected chi connectivity index (χ4v) is 1.99. The van der Waals surface area contributed by atoms with Crippen LogP contribution < -0.4 is 16.0 Å². The minimum Gasteiger partial charge on any atom is -0.373 e. The second-order valence-corrected chi connectivity index (χ2v) is 6.15. The van der Waals surface area contributed by atoms with Gasteiger partial charge in [-0.1, -0.05) is 13.3 Å². The summed E-state index contributed by atoms with van der Waals surface area (Å²) >= 11 is 0. The van der Waals surface area contributed by atoms with Crippen LogP contribution >= 0.6 is 0 Å². The van der Waals surface area contributed by atoms with Gasteiger partial charge in [0.2, 0.25) is 5.91 Å². The van der Waals surface area contributed by atoms with Crippen LogP contribution in [0.1, 0.15) is 46.6 Å². The molecular weight excluding hydrogens is 266 g/mol. The van der Waals surface area contributed by atoms with Crippen molar-refractivity contribution in [3.05, 3.63) is 11.9 Å². The van der Waals surface area contributed by atoms with Gasteiger partial charge in [-0.3, -0.25) is 4.79 Å². The molecule has 21 heavy (non-hydrogen) atoms. The monoisotopic (exact) mass is 293 g/mol. The van der Waals surface area contributed by atoms with Crippen LogP contribution in [0.2, 0.25) is 0 Å². The number of hydrogen-bond donors (Lipinski definition) is 3. The van der Waals surface area contributed by atoms with Crippen molar-refractivity contribution in [1.29, 1.82) is 0 Å². The SMILES string of the molecule is CCCc1c(NC)ncnc1NC(C)C(=O)NC(C)(C)C. The Morgan fingerprint density at radius 2 is 1.90 bits per heavy atom. The first-order valence-corrected chi connectivity index (χ1v) is 7.38. The van der Waals surface area contributed by atoms with Crippen molar-refractivity contribution in [2.24, 2.45) is 0 Å². The molecule has 1 aromatic heterocycles. The molecule has 0 aromatic carbocycles. The summed E-state index contributed by atoms with van der Waals surface area (Å²) < 4.78 is 0. The molecule has 3 N–H and O–H groups in total. The summed E-state index contributed by atoms with van der Waals surface area (Å²) in [5.41, 5.74) is 0.763. The summed E-state index contributed by atoms with van der Waals surface area (Å²) in [5, 5.41) is 9.22. The van der Waals surface area contributed by atoms with Gasteiger partial charge in [0.05, 0.1) is 0 Å². The van der Waals surface area contributed by atoms with E-state index in [1.54, 1.807) is 0 Å². The Labute approximate surface area is 127 Å². The van der Waals surface area contributed by atoms with Crippen LogP contribution in [0.25, 0.3) is 0 Å². The predicted molar refractivity (Wildman–Crippen MR) is 86.6 cm³/mol. The Morgan fingerprint density at radius 1 is 1.29 bits per heavy atom. The normalized spacial score (nSPS) is 12.7. The summed E-state index contributed by atoms with van der Waals surface area (Å²) in [4.78, 5) is 20.7. The van der Waals surface area contributed by atoms with Crippen LogP contribution in [0.3, 0.4) is 0 Å². The quantitative estimate of drug-likeness (QED) is 0.749. The van der Waals surface area contributed by atoms with Gasteiger partial charge in [0.15, 0.2) is 0 Å². The van der Waals surface area contributed by atoms with E-state index >= 15 is 0 Å². The zero-order valence-corrected chi connectivity index (χ0v) is 13.9. The fourth-order valence-electron chi connectivity index (χ4n) is 1.99. The smallest absolute Gasteiger partial charge is 0.242 e. The van der Waals surface area contributed by atoms with E-state index in [2.05, 4.69) is 32.8 Å².